The van der Waals surface area contributed by atoms with Crippen molar-refractivity contribution in [1.29, 1.82) is 0 Å². The number of hydrogen-bond acceptors (Lipinski definition) is 4. The van der Waals surface area contributed by atoms with E-state index in [1.165, 1.54) is 26.0 Å². The van der Waals surface area contributed by atoms with Crippen molar-refractivity contribution >= 4 is 28.4 Å². The Morgan fingerprint density at radius 3 is 2.47 bits per heavy atom. The Morgan fingerprint density at radius 1 is 1.42 bits per heavy atom. The standard InChI is InChI=1S/C12H16FNO3S2/c1-12(2,19(3,16)17)7-14-11(15)8-4-5-9(13)10(18)6-8/h4-6,18H,7H2,1-3H3,(H,14,15). The molecule has 0 aliphatic carbocycles. The van der Waals surface area contributed by atoms with E-state index < -0.39 is 26.3 Å². The monoisotopic (exact) mass is 305 g/mol. The second-order valence-electron chi connectivity index (χ2n) is 4.88. The predicted molar refractivity (Wildman–Crippen MR) is 74.9 cm³/mol. The summed E-state index contributed by atoms with van der Waals surface area (Å²) in [5, 5.41) is 2.52. The third kappa shape index (κ3) is 3.94. The van der Waals surface area contributed by atoms with Crippen LogP contribution in [-0.2, 0) is 9.84 Å². The molecule has 4 nitrogen and oxygen atoms in total. The zero-order valence-electron chi connectivity index (χ0n) is 10.9. The van der Waals surface area contributed by atoms with Crippen LogP contribution in [0.4, 0.5) is 4.39 Å². The molecule has 0 atom stereocenters. The minimum atomic E-state index is -3.28. The molecule has 0 spiro atoms. The van der Waals surface area contributed by atoms with E-state index in [2.05, 4.69) is 17.9 Å². The molecular formula is C12H16FNO3S2. The van der Waals surface area contributed by atoms with Gasteiger partial charge in [0, 0.05) is 23.3 Å². The molecule has 0 bridgehead atoms. The maximum Gasteiger partial charge on any atom is 0.251 e. The van der Waals surface area contributed by atoms with Crippen molar-refractivity contribution < 1.29 is 17.6 Å². The third-order valence-corrected chi connectivity index (χ3v) is 5.38. The molecule has 0 unspecified atom stereocenters. The van der Waals surface area contributed by atoms with Crippen LogP contribution in [-0.4, -0.2) is 31.9 Å². The molecule has 0 aromatic heterocycles. The first-order valence-electron chi connectivity index (χ1n) is 5.51. The number of thiol groups is 1. The van der Waals surface area contributed by atoms with Crippen LogP contribution in [0.15, 0.2) is 23.1 Å². The van der Waals surface area contributed by atoms with Crippen molar-refractivity contribution in [3.8, 4) is 0 Å². The molecule has 1 amide bonds. The Hall–Kier alpha value is -1.08. The van der Waals surface area contributed by atoms with E-state index in [9.17, 15) is 17.6 Å². The number of nitrogens with one attached hydrogen (secondary N) is 1. The van der Waals surface area contributed by atoms with Gasteiger partial charge in [0.05, 0.1) is 4.75 Å². The number of carbonyl (C=O) groups is 1. The number of halogens is 1. The lowest BCUT2D eigenvalue weighted by molar-refractivity contribution is 0.0950. The number of hydrogen-bond donors (Lipinski definition) is 2. The molecular weight excluding hydrogens is 289 g/mol. The highest BCUT2D eigenvalue weighted by molar-refractivity contribution is 7.92. The van der Waals surface area contributed by atoms with Crippen LogP contribution < -0.4 is 5.32 Å². The summed E-state index contributed by atoms with van der Waals surface area (Å²) < 4.78 is 34.9. The Morgan fingerprint density at radius 2 is 2.00 bits per heavy atom. The number of rotatable bonds is 4. The summed E-state index contributed by atoms with van der Waals surface area (Å²) in [7, 11) is -3.28. The van der Waals surface area contributed by atoms with Crippen molar-refractivity contribution in [2.24, 2.45) is 0 Å². The van der Waals surface area contributed by atoms with Crippen LogP contribution in [0.25, 0.3) is 0 Å². The number of amides is 1. The Kier molecular flexibility index (Phi) is 4.63. The number of sulfone groups is 1. The van der Waals surface area contributed by atoms with Crippen LogP contribution in [0.3, 0.4) is 0 Å². The number of carbonyl (C=O) groups excluding carboxylic acids is 1. The highest BCUT2D eigenvalue weighted by Crippen LogP contribution is 2.16. The highest BCUT2D eigenvalue weighted by Gasteiger charge is 2.30. The number of benzene rings is 1. The Labute approximate surface area is 117 Å². The normalized spacial score (nSPS) is 12.3. The molecule has 0 saturated heterocycles. The van der Waals surface area contributed by atoms with Gasteiger partial charge in [0.2, 0.25) is 0 Å². The van der Waals surface area contributed by atoms with E-state index in [4.69, 9.17) is 0 Å². The van der Waals surface area contributed by atoms with Gasteiger partial charge in [-0.15, -0.1) is 12.6 Å². The summed E-state index contributed by atoms with van der Waals surface area (Å²) in [5.41, 5.74) is 0.232. The first-order valence-corrected chi connectivity index (χ1v) is 7.85. The highest BCUT2D eigenvalue weighted by atomic mass is 32.2. The van der Waals surface area contributed by atoms with Gasteiger partial charge in [-0.3, -0.25) is 4.79 Å². The lowest BCUT2D eigenvalue weighted by atomic mass is 10.1. The first-order chi connectivity index (χ1) is 8.54. The fraction of sp³-hybridized carbons (Fsp3) is 0.417. The van der Waals surface area contributed by atoms with E-state index in [1.807, 2.05) is 0 Å². The molecule has 0 aliphatic heterocycles. The van der Waals surface area contributed by atoms with Gasteiger partial charge >= 0.3 is 0 Å². The quantitative estimate of drug-likeness (QED) is 0.832. The zero-order valence-corrected chi connectivity index (χ0v) is 12.6. The molecule has 0 aliphatic rings. The van der Waals surface area contributed by atoms with Crippen molar-refractivity contribution in [2.45, 2.75) is 23.5 Å². The third-order valence-electron chi connectivity index (χ3n) is 2.89. The largest absolute Gasteiger partial charge is 0.350 e. The molecule has 19 heavy (non-hydrogen) atoms. The fourth-order valence-corrected chi connectivity index (χ4v) is 1.73. The van der Waals surface area contributed by atoms with E-state index >= 15 is 0 Å². The minimum Gasteiger partial charge on any atom is -0.350 e. The summed E-state index contributed by atoms with van der Waals surface area (Å²) in [4.78, 5) is 11.9. The maximum atomic E-state index is 13.0. The van der Waals surface area contributed by atoms with Crippen LogP contribution in [0.1, 0.15) is 24.2 Å². The summed E-state index contributed by atoms with van der Waals surface area (Å²) in [5.74, 6) is -0.983. The molecule has 106 valence electrons. The Bertz CT molecular complexity index is 597. The molecule has 0 fully saturated rings. The van der Waals surface area contributed by atoms with E-state index in [1.54, 1.807) is 0 Å². The van der Waals surface area contributed by atoms with Crippen molar-refractivity contribution in [2.75, 3.05) is 12.8 Å². The lowest BCUT2D eigenvalue weighted by Crippen LogP contribution is -2.43. The molecule has 1 N–H and O–H groups in total. The molecule has 1 aromatic rings. The van der Waals surface area contributed by atoms with Gasteiger partial charge in [0.15, 0.2) is 9.84 Å². The van der Waals surface area contributed by atoms with Crippen molar-refractivity contribution in [3.63, 3.8) is 0 Å². The van der Waals surface area contributed by atoms with Crippen molar-refractivity contribution in [1.82, 2.24) is 5.32 Å². The van der Waals surface area contributed by atoms with Crippen LogP contribution >= 0.6 is 12.6 Å². The second kappa shape index (κ2) is 5.50. The maximum absolute atomic E-state index is 13.0. The smallest absolute Gasteiger partial charge is 0.251 e. The second-order valence-corrected chi connectivity index (χ2v) is 8.01. The van der Waals surface area contributed by atoms with Gasteiger partial charge in [-0.2, -0.15) is 0 Å². The van der Waals surface area contributed by atoms with E-state index in [0.717, 1.165) is 12.3 Å². The topological polar surface area (TPSA) is 63.2 Å². The molecule has 7 heteroatoms. The Balaban J connectivity index is 2.79. The van der Waals surface area contributed by atoms with E-state index in [-0.39, 0.29) is 17.0 Å². The zero-order chi connectivity index (χ0) is 14.8. The summed E-state index contributed by atoms with van der Waals surface area (Å²) in [6, 6.07) is 3.75. The average molecular weight is 305 g/mol. The van der Waals surface area contributed by atoms with Gasteiger partial charge < -0.3 is 5.32 Å². The summed E-state index contributed by atoms with van der Waals surface area (Å²) in [6.45, 7) is 3.03. The molecule has 0 heterocycles. The molecule has 1 aromatic carbocycles. The summed E-state index contributed by atoms with van der Waals surface area (Å²) in [6.07, 6.45) is 1.11. The van der Waals surface area contributed by atoms with Gasteiger partial charge in [-0.25, -0.2) is 12.8 Å². The predicted octanol–water partition coefficient (Wildman–Crippen LogP) is 1.67. The van der Waals surface area contributed by atoms with Gasteiger partial charge in [0.25, 0.3) is 5.91 Å². The van der Waals surface area contributed by atoms with Crippen LogP contribution in [0.5, 0.6) is 0 Å². The van der Waals surface area contributed by atoms with Crippen LogP contribution in [0.2, 0.25) is 0 Å². The fourth-order valence-electron chi connectivity index (χ4n) is 1.18. The minimum absolute atomic E-state index is 0.0239. The molecule has 0 saturated carbocycles. The van der Waals surface area contributed by atoms with Gasteiger partial charge in [-0.05, 0) is 32.0 Å². The molecule has 1 rings (SSSR count). The SMILES string of the molecule is CC(C)(CNC(=O)c1ccc(F)c(S)c1)S(C)(=O)=O. The first kappa shape index (κ1) is 16.0. The van der Waals surface area contributed by atoms with Crippen LogP contribution in [0, 0.1) is 5.82 Å². The lowest BCUT2D eigenvalue weighted by Gasteiger charge is -2.22. The summed E-state index contributed by atoms with van der Waals surface area (Å²) >= 11 is 3.88. The van der Waals surface area contributed by atoms with Gasteiger partial charge in [-0.1, -0.05) is 0 Å². The van der Waals surface area contributed by atoms with Crippen molar-refractivity contribution in [3.05, 3.63) is 29.6 Å². The van der Waals surface area contributed by atoms with E-state index in [0.29, 0.717) is 0 Å². The average Bonchev–Trinajstić information content (AvgIpc) is 2.28. The van der Waals surface area contributed by atoms with Gasteiger partial charge in [0.1, 0.15) is 5.82 Å². The molecule has 0 radical (unpaired) electrons.